The van der Waals surface area contributed by atoms with Crippen molar-refractivity contribution in [3.8, 4) is 16.9 Å². The molecule has 5 nitrogen and oxygen atoms in total. The summed E-state index contributed by atoms with van der Waals surface area (Å²) < 4.78 is 33.5. The molecular weight excluding hydrogens is 460 g/mol. The van der Waals surface area contributed by atoms with Crippen LogP contribution in [0.2, 0.25) is 5.02 Å². The van der Waals surface area contributed by atoms with Crippen LogP contribution < -0.4 is 10.1 Å². The van der Waals surface area contributed by atoms with Crippen molar-refractivity contribution in [2.75, 3.05) is 5.32 Å². The van der Waals surface area contributed by atoms with Gasteiger partial charge in [0.2, 0.25) is 0 Å². The minimum absolute atomic E-state index is 0.00308. The number of carboxylic acid groups (broad SMARTS) is 1. The zero-order valence-electron chi connectivity index (χ0n) is 17.0. The monoisotopic (exact) mass is 477 g/mol. The van der Waals surface area contributed by atoms with Gasteiger partial charge in [0.1, 0.15) is 33.0 Å². The van der Waals surface area contributed by atoms with E-state index < -0.39 is 28.5 Å². The Kier molecular flexibility index (Phi) is 7.27. The van der Waals surface area contributed by atoms with Crippen molar-refractivity contribution < 1.29 is 28.2 Å². The van der Waals surface area contributed by atoms with E-state index in [0.29, 0.717) is 12.2 Å². The highest BCUT2D eigenvalue weighted by atomic mass is 35.5. The molecule has 1 heterocycles. The van der Waals surface area contributed by atoms with E-state index in [0.717, 1.165) is 29.0 Å². The molecule has 0 aliphatic heterocycles. The molecular formula is C23H18ClF2NO4S. The van der Waals surface area contributed by atoms with E-state index in [1.54, 1.807) is 18.2 Å². The summed E-state index contributed by atoms with van der Waals surface area (Å²) in [6.45, 7) is 3.65. The highest BCUT2D eigenvalue weighted by molar-refractivity contribution is 7.15. The second kappa shape index (κ2) is 9.93. The van der Waals surface area contributed by atoms with Crippen LogP contribution >= 0.6 is 22.9 Å². The first-order chi connectivity index (χ1) is 15.2. The predicted molar refractivity (Wildman–Crippen MR) is 120 cm³/mol. The fourth-order valence-electron chi connectivity index (χ4n) is 2.91. The maximum Gasteiger partial charge on any atom is 0.339 e. The van der Waals surface area contributed by atoms with Crippen LogP contribution in [0.3, 0.4) is 0 Å². The summed E-state index contributed by atoms with van der Waals surface area (Å²) >= 11 is 6.43. The van der Waals surface area contributed by atoms with E-state index in [1.165, 1.54) is 5.38 Å². The van der Waals surface area contributed by atoms with Gasteiger partial charge in [-0.3, -0.25) is 4.79 Å². The predicted octanol–water partition coefficient (Wildman–Crippen LogP) is 6.66. The lowest BCUT2D eigenvalue weighted by atomic mass is 10.0. The van der Waals surface area contributed by atoms with Crippen LogP contribution in [0.4, 0.5) is 13.8 Å². The van der Waals surface area contributed by atoms with Crippen LogP contribution in [0.1, 0.15) is 29.3 Å². The van der Waals surface area contributed by atoms with Crippen molar-refractivity contribution >= 4 is 39.8 Å². The van der Waals surface area contributed by atoms with Gasteiger partial charge in [0, 0.05) is 10.9 Å². The van der Waals surface area contributed by atoms with Crippen molar-refractivity contribution in [1.82, 2.24) is 0 Å². The number of amides is 1. The van der Waals surface area contributed by atoms with E-state index in [9.17, 15) is 23.5 Å². The zero-order chi connectivity index (χ0) is 23.4. The number of carboxylic acids is 1. The molecule has 0 aliphatic carbocycles. The van der Waals surface area contributed by atoms with Crippen LogP contribution in [-0.4, -0.2) is 17.0 Å². The number of anilines is 1. The Morgan fingerprint density at radius 1 is 1.22 bits per heavy atom. The van der Waals surface area contributed by atoms with Gasteiger partial charge < -0.3 is 15.2 Å². The van der Waals surface area contributed by atoms with Gasteiger partial charge in [-0.25, -0.2) is 13.6 Å². The second-order valence-corrected chi connectivity index (χ2v) is 7.97. The minimum atomic E-state index is -1.37. The van der Waals surface area contributed by atoms with Crippen molar-refractivity contribution in [1.29, 1.82) is 0 Å². The Bertz CT molecular complexity index is 1200. The van der Waals surface area contributed by atoms with Crippen molar-refractivity contribution in [3.63, 3.8) is 0 Å². The standard InChI is InChI=1S/C23H18ClF2NO4S/c1-3-6-18(31-17-8-5-4-7-12(17)2)21(28)27-22-19(23(29)30)14(11-32-22)13-9-15(25)20(24)16(26)10-13/h4-11H,3H2,1-2H3,(H,27,28)(H,29,30). The summed E-state index contributed by atoms with van der Waals surface area (Å²) in [5.74, 6) is -3.58. The molecule has 2 N–H and O–H groups in total. The van der Waals surface area contributed by atoms with E-state index in [4.69, 9.17) is 16.3 Å². The summed E-state index contributed by atoms with van der Waals surface area (Å²) in [4.78, 5) is 24.8. The Balaban J connectivity index is 1.94. The molecule has 3 rings (SSSR count). The average molecular weight is 478 g/mol. The number of hydrogen-bond acceptors (Lipinski definition) is 4. The number of carbonyl (C=O) groups is 2. The number of rotatable bonds is 7. The minimum Gasteiger partial charge on any atom is -0.478 e. The fourth-order valence-corrected chi connectivity index (χ4v) is 3.97. The Labute approximate surface area is 191 Å². The van der Waals surface area contributed by atoms with Crippen LogP contribution in [0, 0.1) is 18.6 Å². The topological polar surface area (TPSA) is 75.6 Å². The second-order valence-electron chi connectivity index (χ2n) is 6.71. The first-order valence-electron chi connectivity index (χ1n) is 9.47. The smallest absolute Gasteiger partial charge is 0.339 e. The maximum atomic E-state index is 13.9. The summed E-state index contributed by atoms with van der Waals surface area (Å²) in [6.07, 6.45) is 2.07. The van der Waals surface area contributed by atoms with E-state index >= 15 is 0 Å². The van der Waals surface area contributed by atoms with Crippen LogP contribution in [0.25, 0.3) is 11.1 Å². The van der Waals surface area contributed by atoms with Gasteiger partial charge in [0.15, 0.2) is 5.76 Å². The molecule has 0 spiro atoms. The molecule has 0 saturated carbocycles. The molecule has 1 amide bonds. The molecule has 32 heavy (non-hydrogen) atoms. The van der Waals surface area contributed by atoms with Gasteiger partial charge in [-0.05, 0) is 48.7 Å². The van der Waals surface area contributed by atoms with Crippen LogP contribution in [0.5, 0.6) is 5.75 Å². The van der Waals surface area contributed by atoms with E-state index in [2.05, 4.69) is 5.32 Å². The van der Waals surface area contributed by atoms with Crippen molar-refractivity contribution in [2.45, 2.75) is 20.3 Å². The number of aryl methyl sites for hydroxylation is 1. The maximum absolute atomic E-state index is 13.9. The summed E-state index contributed by atoms with van der Waals surface area (Å²) in [6, 6.07) is 9.02. The number of hydrogen-bond donors (Lipinski definition) is 2. The Morgan fingerprint density at radius 2 is 1.88 bits per heavy atom. The average Bonchev–Trinajstić information content (AvgIpc) is 3.16. The molecule has 0 atom stereocenters. The van der Waals surface area contributed by atoms with Gasteiger partial charge in [0.05, 0.1) is 0 Å². The summed E-state index contributed by atoms with van der Waals surface area (Å²) in [5.41, 5.74) is 0.557. The molecule has 0 aliphatic rings. The number of nitrogens with one attached hydrogen (secondary N) is 1. The molecule has 0 radical (unpaired) electrons. The Hall–Kier alpha value is -3.23. The lowest BCUT2D eigenvalue weighted by Crippen LogP contribution is -2.19. The molecule has 9 heteroatoms. The first kappa shape index (κ1) is 23.4. The number of ether oxygens (including phenoxy) is 1. The molecule has 0 bridgehead atoms. The third-order valence-corrected chi connectivity index (χ3v) is 5.71. The van der Waals surface area contributed by atoms with Gasteiger partial charge in [0.25, 0.3) is 5.91 Å². The van der Waals surface area contributed by atoms with Crippen LogP contribution in [0.15, 0.2) is 53.6 Å². The van der Waals surface area contributed by atoms with Gasteiger partial charge in [-0.15, -0.1) is 11.3 Å². The number of para-hydroxylation sites is 1. The third kappa shape index (κ3) is 4.98. The number of carbonyl (C=O) groups excluding carboxylic acids is 1. The molecule has 166 valence electrons. The largest absolute Gasteiger partial charge is 0.478 e. The molecule has 0 unspecified atom stereocenters. The highest BCUT2D eigenvalue weighted by Gasteiger charge is 2.24. The van der Waals surface area contributed by atoms with Gasteiger partial charge in [-0.2, -0.15) is 0 Å². The molecule has 2 aromatic carbocycles. The number of thiophene rings is 1. The lowest BCUT2D eigenvalue weighted by molar-refractivity contribution is -0.114. The number of benzene rings is 2. The number of allylic oxidation sites excluding steroid dienone is 1. The zero-order valence-corrected chi connectivity index (χ0v) is 18.6. The third-order valence-electron chi connectivity index (χ3n) is 4.45. The fraction of sp³-hybridized carbons (Fsp3) is 0.130. The molecule has 0 fully saturated rings. The number of halogens is 3. The normalized spacial score (nSPS) is 11.3. The Morgan fingerprint density at radius 3 is 2.47 bits per heavy atom. The van der Waals surface area contributed by atoms with Gasteiger partial charge in [-0.1, -0.05) is 36.7 Å². The highest BCUT2D eigenvalue weighted by Crippen LogP contribution is 2.37. The molecule has 3 aromatic rings. The van der Waals surface area contributed by atoms with Crippen LogP contribution in [-0.2, 0) is 4.79 Å². The first-order valence-corrected chi connectivity index (χ1v) is 10.7. The lowest BCUT2D eigenvalue weighted by Gasteiger charge is -2.12. The van der Waals surface area contributed by atoms with E-state index in [-0.39, 0.29) is 27.5 Å². The number of aromatic carboxylic acids is 1. The van der Waals surface area contributed by atoms with Crippen molar-refractivity contribution in [3.05, 3.63) is 81.4 Å². The molecule has 1 aromatic heterocycles. The summed E-state index contributed by atoms with van der Waals surface area (Å²) in [7, 11) is 0. The van der Waals surface area contributed by atoms with Gasteiger partial charge >= 0.3 is 5.97 Å². The molecule has 0 saturated heterocycles. The summed E-state index contributed by atoms with van der Waals surface area (Å²) in [5, 5.41) is 13.0. The van der Waals surface area contributed by atoms with E-state index in [1.807, 2.05) is 26.0 Å². The SMILES string of the molecule is CCC=C(Oc1ccccc1C)C(=O)Nc1scc(-c2cc(F)c(Cl)c(F)c2)c1C(=O)O. The quantitative estimate of drug-likeness (QED) is 0.226. The van der Waals surface area contributed by atoms with Crippen molar-refractivity contribution in [2.24, 2.45) is 0 Å².